The molecule has 136 valence electrons. The van der Waals surface area contributed by atoms with Crippen LogP contribution in [0.15, 0.2) is 41.2 Å². The summed E-state index contributed by atoms with van der Waals surface area (Å²) >= 11 is 0. The molecule has 1 aromatic carbocycles. The Bertz CT molecular complexity index is 1150. The summed E-state index contributed by atoms with van der Waals surface area (Å²) in [5, 5.41) is 11.6. The van der Waals surface area contributed by atoms with E-state index in [0.717, 1.165) is 0 Å². The lowest BCUT2D eigenvalue weighted by molar-refractivity contribution is 0.0948. The zero-order valence-electron chi connectivity index (χ0n) is 14.9. The van der Waals surface area contributed by atoms with Gasteiger partial charge in [-0.1, -0.05) is 18.2 Å². The number of hydrogen-bond donors (Lipinski definition) is 1. The standard InChI is InChI=1S/C20H17FN4O2/c1-3-23-20(27)19-12(2)7-8-16-24-15(10-17(26)25(16)19)9-13-5-4-6-14(11-22)18(13)21/h4-8,10H,3,9H2,1-2H3,(H,23,27). The quantitative estimate of drug-likeness (QED) is 0.770. The first-order chi connectivity index (χ1) is 13.0. The third-order valence-corrected chi connectivity index (χ3v) is 4.20. The van der Waals surface area contributed by atoms with E-state index < -0.39 is 11.4 Å². The Morgan fingerprint density at radius 2 is 2.11 bits per heavy atom. The maximum atomic E-state index is 14.3. The minimum atomic E-state index is -0.617. The van der Waals surface area contributed by atoms with Gasteiger partial charge in [-0.3, -0.25) is 14.0 Å². The van der Waals surface area contributed by atoms with Crippen LogP contribution in [0.3, 0.4) is 0 Å². The first-order valence-electron chi connectivity index (χ1n) is 8.44. The predicted octanol–water partition coefficient (Wildman–Crippen LogP) is 2.35. The number of nitriles is 1. The summed E-state index contributed by atoms with van der Waals surface area (Å²) in [6, 6.07) is 11.0. The number of fused-ring (bicyclic) bond motifs is 1. The number of amides is 1. The largest absolute Gasteiger partial charge is 0.351 e. The summed E-state index contributed by atoms with van der Waals surface area (Å²) < 4.78 is 15.5. The summed E-state index contributed by atoms with van der Waals surface area (Å²) in [6.07, 6.45) is 0.0669. The molecule has 0 aliphatic heterocycles. The van der Waals surface area contributed by atoms with Crippen molar-refractivity contribution in [3.05, 3.63) is 80.6 Å². The van der Waals surface area contributed by atoms with Crippen molar-refractivity contribution in [2.45, 2.75) is 20.3 Å². The van der Waals surface area contributed by atoms with Crippen molar-refractivity contribution in [3.63, 3.8) is 0 Å². The molecule has 2 aromatic heterocycles. The van der Waals surface area contributed by atoms with Gasteiger partial charge in [-0.2, -0.15) is 5.26 Å². The van der Waals surface area contributed by atoms with Crippen LogP contribution in [-0.4, -0.2) is 21.8 Å². The van der Waals surface area contributed by atoms with Crippen LogP contribution in [0.25, 0.3) is 5.65 Å². The van der Waals surface area contributed by atoms with Gasteiger partial charge in [0.15, 0.2) is 0 Å². The number of carbonyl (C=O) groups is 1. The van der Waals surface area contributed by atoms with E-state index in [1.54, 1.807) is 44.2 Å². The number of pyridine rings is 1. The number of nitrogens with one attached hydrogen (secondary N) is 1. The second-order valence-electron chi connectivity index (χ2n) is 6.07. The van der Waals surface area contributed by atoms with E-state index in [4.69, 9.17) is 5.26 Å². The molecule has 0 fully saturated rings. The van der Waals surface area contributed by atoms with Gasteiger partial charge in [-0.15, -0.1) is 0 Å². The van der Waals surface area contributed by atoms with Gasteiger partial charge in [0.25, 0.3) is 11.5 Å². The lowest BCUT2D eigenvalue weighted by Crippen LogP contribution is -2.30. The number of aromatic nitrogens is 2. The fraction of sp³-hybridized carbons (Fsp3) is 0.200. The van der Waals surface area contributed by atoms with Crippen molar-refractivity contribution in [3.8, 4) is 6.07 Å². The molecule has 7 heteroatoms. The van der Waals surface area contributed by atoms with Crippen LogP contribution in [0.1, 0.15) is 39.8 Å². The van der Waals surface area contributed by atoms with Crippen LogP contribution in [0.4, 0.5) is 4.39 Å². The number of carbonyl (C=O) groups excluding carboxylic acids is 1. The summed E-state index contributed by atoms with van der Waals surface area (Å²) in [6.45, 7) is 3.97. The van der Waals surface area contributed by atoms with Crippen LogP contribution in [0.5, 0.6) is 0 Å². The topological polar surface area (TPSA) is 87.3 Å². The molecule has 3 aromatic rings. The Hall–Kier alpha value is -3.53. The van der Waals surface area contributed by atoms with Crippen LogP contribution in [0, 0.1) is 24.1 Å². The van der Waals surface area contributed by atoms with Gasteiger partial charge in [0, 0.05) is 19.0 Å². The number of benzene rings is 1. The van der Waals surface area contributed by atoms with Gasteiger partial charge < -0.3 is 5.32 Å². The van der Waals surface area contributed by atoms with Crippen LogP contribution in [0.2, 0.25) is 0 Å². The minimum Gasteiger partial charge on any atom is -0.351 e. The highest BCUT2D eigenvalue weighted by molar-refractivity contribution is 5.94. The van der Waals surface area contributed by atoms with E-state index in [9.17, 15) is 14.0 Å². The fourth-order valence-electron chi connectivity index (χ4n) is 2.95. The summed E-state index contributed by atoms with van der Waals surface area (Å²) in [7, 11) is 0. The molecule has 3 rings (SSSR count). The van der Waals surface area contributed by atoms with Gasteiger partial charge in [-0.25, -0.2) is 9.37 Å². The van der Waals surface area contributed by atoms with Crippen molar-refractivity contribution in [2.24, 2.45) is 0 Å². The first kappa shape index (κ1) is 18.3. The third-order valence-electron chi connectivity index (χ3n) is 4.20. The molecule has 2 heterocycles. The number of hydrogen-bond acceptors (Lipinski definition) is 4. The Kier molecular flexibility index (Phi) is 4.99. The average Bonchev–Trinajstić information content (AvgIpc) is 2.64. The first-order valence-corrected chi connectivity index (χ1v) is 8.44. The Balaban J connectivity index is 2.12. The number of halogens is 1. The van der Waals surface area contributed by atoms with Crippen molar-refractivity contribution in [1.29, 1.82) is 5.26 Å². The number of aryl methyl sites for hydroxylation is 1. The second-order valence-corrected chi connectivity index (χ2v) is 6.07. The van der Waals surface area contributed by atoms with Gasteiger partial charge in [0.05, 0.1) is 11.3 Å². The number of nitrogens with zero attached hydrogens (tertiary/aromatic N) is 3. The normalized spacial score (nSPS) is 10.6. The molecule has 0 saturated heterocycles. The van der Waals surface area contributed by atoms with Gasteiger partial charge in [0.2, 0.25) is 0 Å². The van der Waals surface area contributed by atoms with Crippen LogP contribution >= 0.6 is 0 Å². The third kappa shape index (κ3) is 3.42. The van der Waals surface area contributed by atoms with Crippen LogP contribution < -0.4 is 10.9 Å². The van der Waals surface area contributed by atoms with Crippen molar-refractivity contribution in [2.75, 3.05) is 6.54 Å². The maximum Gasteiger partial charge on any atom is 0.268 e. The molecule has 0 bridgehead atoms. The lowest BCUT2D eigenvalue weighted by Gasteiger charge is -2.12. The molecule has 0 saturated carbocycles. The monoisotopic (exact) mass is 364 g/mol. The van der Waals surface area contributed by atoms with Crippen LogP contribution in [-0.2, 0) is 6.42 Å². The van der Waals surface area contributed by atoms with E-state index in [-0.39, 0.29) is 29.1 Å². The summed E-state index contributed by atoms with van der Waals surface area (Å²) in [4.78, 5) is 29.4. The Morgan fingerprint density at radius 3 is 2.81 bits per heavy atom. The molecule has 0 unspecified atom stereocenters. The Labute approximate surface area is 154 Å². The van der Waals surface area contributed by atoms with Crippen molar-refractivity contribution < 1.29 is 9.18 Å². The van der Waals surface area contributed by atoms with Gasteiger partial charge >= 0.3 is 0 Å². The molecule has 27 heavy (non-hydrogen) atoms. The van der Waals surface area contributed by atoms with E-state index in [2.05, 4.69) is 10.3 Å². The molecule has 0 atom stereocenters. The highest BCUT2D eigenvalue weighted by Gasteiger charge is 2.16. The predicted molar refractivity (Wildman–Crippen MR) is 98.1 cm³/mol. The lowest BCUT2D eigenvalue weighted by atomic mass is 10.1. The SMILES string of the molecule is CCNC(=O)c1c(C)ccc2nc(Cc3cccc(C#N)c3F)cc(=O)n12. The maximum absolute atomic E-state index is 14.3. The molecular formula is C20H17FN4O2. The van der Waals surface area contributed by atoms with Gasteiger partial charge in [0.1, 0.15) is 23.2 Å². The average molecular weight is 364 g/mol. The molecule has 1 N–H and O–H groups in total. The summed E-state index contributed by atoms with van der Waals surface area (Å²) in [5.74, 6) is -0.973. The smallest absolute Gasteiger partial charge is 0.268 e. The zero-order chi connectivity index (χ0) is 19.6. The van der Waals surface area contributed by atoms with E-state index >= 15 is 0 Å². The highest BCUT2D eigenvalue weighted by Crippen LogP contribution is 2.16. The van der Waals surface area contributed by atoms with E-state index in [1.807, 2.05) is 0 Å². The Morgan fingerprint density at radius 1 is 1.33 bits per heavy atom. The molecule has 0 aliphatic rings. The molecule has 1 amide bonds. The molecule has 0 radical (unpaired) electrons. The molecule has 0 spiro atoms. The zero-order valence-corrected chi connectivity index (χ0v) is 14.9. The van der Waals surface area contributed by atoms with Crippen molar-refractivity contribution in [1.82, 2.24) is 14.7 Å². The fourth-order valence-corrected chi connectivity index (χ4v) is 2.95. The van der Waals surface area contributed by atoms with E-state index in [0.29, 0.717) is 23.4 Å². The number of rotatable bonds is 4. The molecule has 6 nitrogen and oxygen atoms in total. The van der Waals surface area contributed by atoms with Gasteiger partial charge in [-0.05, 0) is 37.1 Å². The van der Waals surface area contributed by atoms with E-state index in [1.165, 1.54) is 16.5 Å². The highest BCUT2D eigenvalue weighted by atomic mass is 19.1. The molecular weight excluding hydrogens is 347 g/mol. The minimum absolute atomic E-state index is 0.0563. The second kappa shape index (κ2) is 7.38. The summed E-state index contributed by atoms with van der Waals surface area (Å²) in [5.41, 5.74) is 1.35. The van der Waals surface area contributed by atoms with Crippen molar-refractivity contribution >= 4 is 11.6 Å². The molecule has 0 aliphatic carbocycles.